The second-order valence-corrected chi connectivity index (χ2v) is 8.76. The summed E-state index contributed by atoms with van der Waals surface area (Å²) < 4.78 is 27.5. The predicted octanol–water partition coefficient (Wildman–Crippen LogP) is 4.90. The summed E-state index contributed by atoms with van der Waals surface area (Å²) in [7, 11) is 0. The summed E-state index contributed by atoms with van der Waals surface area (Å²) in [6, 6.07) is 12.3. The molecule has 32 heavy (non-hydrogen) atoms. The summed E-state index contributed by atoms with van der Waals surface area (Å²) in [5, 5.41) is 3.55. The van der Waals surface area contributed by atoms with E-state index in [1.165, 1.54) is 30.0 Å². The van der Waals surface area contributed by atoms with Gasteiger partial charge in [0.25, 0.3) is 5.56 Å². The number of aromatic amines is 1. The Morgan fingerprint density at radius 3 is 2.59 bits per heavy atom. The number of halogens is 2. The van der Waals surface area contributed by atoms with Gasteiger partial charge in [-0.3, -0.25) is 9.59 Å². The summed E-state index contributed by atoms with van der Waals surface area (Å²) in [5.41, 5.74) is 2.44. The fourth-order valence-corrected chi connectivity index (χ4v) is 5.11. The zero-order valence-electron chi connectivity index (χ0n) is 17.0. The molecule has 1 aromatic heterocycles. The first-order valence-corrected chi connectivity index (χ1v) is 11.3. The summed E-state index contributed by atoms with van der Waals surface area (Å²) in [6.07, 6.45) is 1.80. The highest BCUT2D eigenvalue weighted by molar-refractivity contribution is 7.98. The number of anilines is 1. The van der Waals surface area contributed by atoms with Crippen LogP contribution in [0.4, 0.5) is 14.6 Å². The van der Waals surface area contributed by atoms with Gasteiger partial charge in [0, 0.05) is 29.4 Å². The second kappa shape index (κ2) is 8.35. The van der Waals surface area contributed by atoms with Crippen LogP contribution in [0.2, 0.25) is 0 Å². The number of carbonyl (C=O) groups is 1. The van der Waals surface area contributed by atoms with Gasteiger partial charge >= 0.3 is 0 Å². The van der Waals surface area contributed by atoms with E-state index in [1.807, 2.05) is 0 Å². The van der Waals surface area contributed by atoms with Gasteiger partial charge < -0.3 is 10.3 Å². The molecule has 1 atom stereocenters. The van der Waals surface area contributed by atoms with Crippen LogP contribution < -0.4 is 10.9 Å². The largest absolute Gasteiger partial charge is 0.343 e. The van der Waals surface area contributed by atoms with Gasteiger partial charge in [0.1, 0.15) is 17.5 Å². The van der Waals surface area contributed by atoms with E-state index in [9.17, 15) is 18.4 Å². The van der Waals surface area contributed by atoms with Crippen LogP contribution >= 0.6 is 11.8 Å². The number of fused-ring (bicyclic) bond motifs is 1. The Labute approximate surface area is 187 Å². The summed E-state index contributed by atoms with van der Waals surface area (Å²) >= 11 is 1.22. The van der Waals surface area contributed by atoms with Crippen LogP contribution in [0.15, 0.2) is 69.8 Å². The molecule has 0 saturated heterocycles. The molecule has 0 fully saturated rings. The molecule has 2 aliphatic rings. The molecular formula is C24H19F2N3O2S. The van der Waals surface area contributed by atoms with Gasteiger partial charge in [0.15, 0.2) is 10.9 Å². The SMILES string of the molecule is O=C1CCCC2=C1[C@@H](c1ccc(F)cc1)c1c(nc(SCc3ccccc3F)[nH]c1=O)N2. The van der Waals surface area contributed by atoms with Gasteiger partial charge in [-0.25, -0.2) is 13.8 Å². The van der Waals surface area contributed by atoms with Crippen molar-refractivity contribution in [1.82, 2.24) is 9.97 Å². The van der Waals surface area contributed by atoms with E-state index in [0.29, 0.717) is 58.3 Å². The lowest BCUT2D eigenvalue weighted by molar-refractivity contribution is -0.116. The van der Waals surface area contributed by atoms with Gasteiger partial charge in [-0.15, -0.1) is 0 Å². The maximum atomic E-state index is 14.0. The molecule has 162 valence electrons. The number of ketones is 1. The third-order valence-corrected chi connectivity index (χ3v) is 6.68. The Balaban J connectivity index is 1.56. The Kier molecular flexibility index (Phi) is 5.38. The van der Waals surface area contributed by atoms with Crippen molar-refractivity contribution in [3.63, 3.8) is 0 Å². The number of nitrogens with one attached hydrogen (secondary N) is 2. The first-order chi connectivity index (χ1) is 15.5. The zero-order chi connectivity index (χ0) is 22.2. The van der Waals surface area contributed by atoms with E-state index in [-0.39, 0.29) is 23.0 Å². The molecule has 2 aromatic carbocycles. The van der Waals surface area contributed by atoms with Gasteiger partial charge in [0.2, 0.25) is 0 Å². The first kappa shape index (κ1) is 20.6. The zero-order valence-corrected chi connectivity index (χ0v) is 17.8. The monoisotopic (exact) mass is 451 g/mol. The molecule has 0 amide bonds. The molecular weight excluding hydrogens is 432 g/mol. The number of rotatable bonds is 4. The molecule has 0 bridgehead atoms. The lowest BCUT2D eigenvalue weighted by Gasteiger charge is -2.32. The minimum Gasteiger partial charge on any atom is -0.343 e. The highest BCUT2D eigenvalue weighted by atomic mass is 32.2. The van der Waals surface area contributed by atoms with Crippen molar-refractivity contribution in [2.45, 2.75) is 36.1 Å². The Hall–Kier alpha value is -3.26. The lowest BCUT2D eigenvalue weighted by Crippen LogP contribution is -2.32. The molecule has 3 aromatic rings. The Morgan fingerprint density at radius 2 is 1.81 bits per heavy atom. The second-order valence-electron chi connectivity index (χ2n) is 7.79. The highest BCUT2D eigenvalue weighted by Gasteiger charge is 2.37. The van der Waals surface area contributed by atoms with E-state index in [0.717, 1.165) is 5.70 Å². The molecule has 5 rings (SSSR count). The molecule has 5 nitrogen and oxygen atoms in total. The Bertz CT molecular complexity index is 1300. The molecule has 2 heterocycles. The first-order valence-electron chi connectivity index (χ1n) is 10.3. The number of Topliss-reactive ketones (excluding diaryl/α,β-unsaturated/α-hetero) is 1. The third-order valence-electron chi connectivity index (χ3n) is 5.76. The van der Waals surface area contributed by atoms with Crippen LogP contribution in [0, 0.1) is 11.6 Å². The van der Waals surface area contributed by atoms with E-state index >= 15 is 0 Å². The molecule has 1 aliphatic carbocycles. The van der Waals surface area contributed by atoms with Gasteiger partial charge in [0.05, 0.1) is 5.56 Å². The summed E-state index contributed by atoms with van der Waals surface area (Å²) in [5.74, 6) is -0.646. The summed E-state index contributed by atoms with van der Waals surface area (Å²) in [6.45, 7) is 0. The van der Waals surface area contributed by atoms with Crippen molar-refractivity contribution in [2.24, 2.45) is 0 Å². The number of allylic oxidation sites excluding steroid dienone is 2. The van der Waals surface area contributed by atoms with E-state index in [1.54, 1.807) is 30.3 Å². The smallest absolute Gasteiger partial charge is 0.257 e. The molecule has 0 radical (unpaired) electrons. The molecule has 0 spiro atoms. The predicted molar refractivity (Wildman–Crippen MR) is 119 cm³/mol. The van der Waals surface area contributed by atoms with Crippen LogP contribution in [0.1, 0.15) is 41.9 Å². The number of thioether (sulfide) groups is 1. The number of benzene rings is 2. The molecule has 0 saturated carbocycles. The summed E-state index contributed by atoms with van der Waals surface area (Å²) in [4.78, 5) is 33.3. The van der Waals surface area contributed by atoms with Crippen LogP contribution in [-0.4, -0.2) is 15.8 Å². The fraction of sp³-hybridized carbons (Fsp3) is 0.208. The quantitative estimate of drug-likeness (QED) is 0.436. The standard InChI is InChI=1S/C24H19F2N3O2S/c25-15-10-8-13(9-11-15)19-20-17(6-3-7-18(20)30)27-22-21(19)23(31)29-24(28-22)32-12-14-4-1-2-5-16(14)26/h1-2,4-5,8-11,19H,3,6-7,12H2,(H2,27,28,29,31)/t19-/m1/s1. The van der Waals surface area contributed by atoms with Crippen molar-refractivity contribution >= 4 is 23.4 Å². The number of hydrogen-bond donors (Lipinski definition) is 2. The highest BCUT2D eigenvalue weighted by Crippen LogP contribution is 2.43. The van der Waals surface area contributed by atoms with Crippen LogP contribution in [0.25, 0.3) is 0 Å². The molecule has 2 N–H and O–H groups in total. The average molecular weight is 451 g/mol. The van der Waals surface area contributed by atoms with Crippen LogP contribution in [0.5, 0.6) is 0 Å². The third kappa shape index (κ3) is 3.75. The fourth-order valence-electron chi connectivity index (χ4n) is 4.26. The van der Waals surface area contributed by atoms with Crippen molar-refractivity contribution in [3.8, 4) is 0 Å². The number of carbonyl (C=O) groups excluding carboxylic acids is 1. The van der Waals surface area contributed by atoms with Gasteiger partial charge in [-0.2, -0.15) is 0 Å². The number of aromatic nitrogens is 2. The number of hydrogen-bond acceptors (Lipinski definition) is 5. The minimum absolute atomic E-state index is 0.0175. The Morgan fingerprint density at radius 1 is 1.03 bits per heavy atom. The van der Waals surface area contributed by atoms with Crippen LogP contribution in [-0.2, 0) is 10.5 Å². The molecule has 8 heteroatoms. The van der Waals surface area contributed by atoms with E-state index in [4.69, 9.17) is 0 Å². The van der Waals surface area contributed by atoms with E-state index in [2.05, 4.69) is 15.3 Å². The maximum absolute atomic E-state index is 14.0. The average Bonchev–Trinajstić information content (AvgIpc) is 2.78. The van der Waals surface area contributed by atoms with Gasteiger partial charge in [-0.05, 0) is 42.2 Å². The van der Waals surface area contributed by atoms with E-state index < -0.39 is 5.92 Å². The van der Waals surface area contributed by atoms with Crippen molar-refractivity contribution in [2.75, 3.05) is 5.32 Å². The normalized spacial score (nSPS) is 17.6. The molecule has 1 aliphatic heterocycles. The van der Waals surface area contributed by atoms with Crippen molar-refractivity contribution in [3.05, 3.63) is 98.5 Å². The minimum atomic E-state index is -0.614. The topological polar surface area (TPSA) is 74.8 Å². The van der Waals surface area contributed by atoms with Crippen LogP contribution in [0.3, 0.4) is 0 Å². The maximum Gasteiger partial charge on any atom is 0.257 e. The lowest BCUT2D eigenvalue weighted by atomic mass is 9.76. The van der Waals surface area contributed by atoms with Gasteiger partial charge in [-0.1, -0.05) is 42.1 Å². The number of H-pyrrole nitrogens is 1. The number of nitrogens with zero attached hydrogens (tertiary/aromatic N) is 1. The molecule has 0 unspecified atom stereocenters. The van der Waals surface area contributed by atoms with Crippen molar-refractivity contribution in [1.29, 1.82) is 0 Å². The van der Waals surface area contributed by atoms with Crippen molar-refractivity contribution < 1.29 is 13.6 Å².